The van der Waals surface area contributed by atoms with E-state index in [4.69, 9.17) is 5.73 Å². The van der Waals surface area contributed by atoms with Gasteiger partial charge in [-0.2, -0.15) is 0 Å². The molecule has 0 unspecified atom stereocenters. The lowest BCUT2D eigenvalue weighted by molar-refractivity contribution is -0.110. The van der Waals surface area contributed by atoms with Gasteiger partial charge in [0, 0.05) is 6.54 Å². The fourth-order valence-corrected chi connectivity index (χ4v) is 0.655. The molecule has 0 bridgehead atoms. The summed E-state index contributed by atoms with van der Waals surface area (Å²) in [6.07, 6.45) is 1.46. The number of hydrogen-bond donors (Lipinski definition) is 3. The van der Waals surface area contributed by atoms with Gasteiger partial charge in [0.15, 0.2) is 0 Å². The Morgan fingerprint density at radius 2 is 2.15 bits per heavy atom. The molecule has 76 valence electrons. The number of nitrogens with two attached hydrogens (primary N) is 1. The minimum atomic E-state index is 0.233. The summed E-state index contributed by atoms with van der Waals surface area (Å²) in [5.41, 5.74) is 10.3. The van der Waals surface area contributed by atoms with Gasteiger partial charge in [0.05, 0.1) is 0 Å². The third-order valence-corrected chi connectivity index (χ3v) is 1.40. The van der Waals surface area contributed by atoms with Crippen molar-refractivity contribution in [2.24, 2.45) is 16.1 Å². The number of nitrogens with one attached hydrogen (secondary N) is 2. The van der Waals surface area contributed by atoms with Gasteiger partial charge in [-0.3, -0.25) is 20.6 Å². The number of carbonyl (C=O) groups excluding carboxylic acids is 1. The minimum Gasteiger partial charge on any atom is -0.369 e. The first kappa shape index (κ1) is 11.7. The second-order valence-corrected chi connectivity index (χ2v) is 3.96. The molecular weight excluding hydrogens is 168 g/mol. The number of carbonyl (C=O) groups is 1. The van der Waals surface area contributed by atoms with Crippen molar-refractivity contribution in [1.82, 2.24) is 10.9 Å². The molecular formula is C8H18N4O. The molecule has 0 radical (unpaired) electrons. The molecule has 5 heteroatoms. The molecule has 0 fully saturated rings. The highest BCUT2D eigenvalue weighted by Gasteiger charge is 2.08. The molecule has 0 saturated heterocycles. The number of aliphatic imine (C=N–C) groups is 1. The molecule has 4 N–H and O–H groups in total. The lowest BCUT2D eigenvalue weighted by atomic mass is 9.93. The van der Waals surface area contributed by atoms with Crippen molar-refractivity contribution < 1.29 is 4.79 Å². The molecule has 0 spiro atoms. The van der Waals surface area contributed by atoms with Crippen LogP contribution < -0.4 is 16.6 Å². The third-order valence-electron chi connectivity index (χ3n) is 1.40. The summed E-state index contributed by atoms with van der Waals surface area (Å²) < 4.78 is 0. The van der Waals surface area contributed by atoms with E-state index in [9.17, 15) is 4.79 Å². The normalized spacial score (nSPS) is 12.4. The Hall–Kier alpha value is -1.26. The summed E-state index contributed by atoms with van der Waals surface area (Å²) in [5.74, 6) is 0.233. The predicted molar refractivity (Wildman–Crippen MR) is 52.9 cm³/mol. The maximum Gasteiger partial charge on any atom is 0.225 e. The highest BCUT2D eigenvalue weighted by atomic mass is 16.1. The highest BCUT2D eigenvalue weighted by Crippen LogP contribution is 2.17. The van der Waals surface area contributed by atoms with Crippen molar-refractivity contribution in [3.8, 4) is 0 Å². The van der Waals surface area contributed by atoms with E-state index in [-0.39, 0.29) is 11.4 Å². The number of guanidine groups is 1. The average molecular weight is 186 g/mol. The van der Waals surface area contributed by atoms with Crippen molar-refractivity contribution in [1.29, 1.82) is 0 Å². The van der Waals surface area contributed by atoms with Crippen LogP contribution in [0, 0.1) is 5.41 Å². The largest absolute Gasteiger partial charge is 0.369 e. The average Bonchev–Trinajstić information content (AvgIpc) is 1.98. The van der Waals surface area contributed by atoms with Crippen LogP contribution in [0.4, 0.5) is 0 Å². The Kier molecular flexibility index (Phi) is 4.87. The Labute approximate surface area is 78.8 Å². The van der Waals surface area contributed by atoms with E-state index in [0.717, 1.165) is 6.42 Å². The molecule has 0 rings (SSSR count). The van der Waals surface area contributed by atoms with Gasteiger partial charge in [0.2, 0.25) is 12.4 Å². The first-order valence-corrected chi connectivity index (χ1v) is 4.21. The number of nitrogens with zero attached hydrogens (tertiary/aromatic N) is 1. The molecule has 0 aromatic heterocycles. The highest BCUT2D eigenvalue weighted by molar-refractivity contribution is 5.78. The van der Waals surface area contributed by atoms with E-state index in [1.165, 1.54) is 0 Å². The Morgan fingerprint density at radius 3 is 2.62 bits per heavy atom. The number of rotatable bonds is 4. The third kappa shape index (κ3) is 8.65. The Bertz CT molecular complexity index is 183. The predicted octanol–water partition coefficient (Wildman–Crippen LogP) is -0.0121. The first-order chi connectivity index (χ1) is 5.95. The van der Waals surface area contributed by atoms with Gasteiger partial charge in [0.1, 0.15) is 0 Å². The van der Waals surface area contributed by atoms with Crippen LogP contribution >= 0.6 is 0 Å². The summed E-state index contributed by atoms with van der Waals surface area (Å²) in [7, 11) is 0. The number of hydrogen-bond acceptors (Lipinski definition) is 2. The topological polar surface area (TPSA) is 79.5 Å². The second kappa shape index (κ2) is 5.40. The second-order valence-electron chi connectivity index (χ2n) is 3.96. The molecule has 5 nitrogen and oxygen atoms in total. The van der Waals surface area contributed by atoms with Gasteiger partial charge in [-0.05, 0) is 11.8 Å². The van der Waals surface area contributed by atoms with Crippen LogP contribution in [0.2, 0.25) is 0 Å². The number of hydrazine groups is 1. The molecule has 0 heterocycles. The smallest absolute Gasteiger partial charge is 0.225 e. The maximum atomic E-state index is 9.86. The zero-order valence-corrected chi connectivity index (χ0v) is 8.42. The van der Waals surface area contributed by atoms with Crippen LogP contribution in [-0.4, -0.2) is 18.9 Å². The molecule has 0 saturated carbocycles. The van der Waals surface area contributed by atoms with E-state index in [2.05, 4.69) is 36.6 Å². The van der Waals surface area contributed by atoms with Crippen LogP contribution in [0.1, 0.15) is 27.2 Å². The van der Waals surface area contributed by atoms with Gasteiger partial charge in [0.25, 0.3) is 0 Å². The van der Waals surface area contributed by atoms with Crippen LogP contribution in [-0.2, 0) is 4.79 Å². The number of amides is 1. The first-order valence-electron chi connectivity index (χ1n) is 4.21. The summed E-state index contributed by atoms with van der Waals surface area (Å²) >= 11 is 0. The molecule has 0 aromatic rings. The van der Waals surface area contributed by atoms with E-state index in [1.807, 2.05) is 0 Å². The van der Waals surface area contributed by atoms with Crippen LogP contribution in [0.25, 0.3) is 0 Å². The SMILES string of the molecule is CC(C)(C)CCN=C(N)NNC=O. The quantitative estimate of drug-likeness (QED) is 0.250. The summed E-state index contributed by atoms with van der Waals surface area (Å²) in [6, 6.07) is 0. The zero-order chi connectivity index (χ0) is 10.3. The summed E-state index contributed by atoms with van der Waals surface area (Å²) in [4.78, 5) is 13.9. The monoisotopic (exact) mass is 186 g/mol. The van der Waals surface area contributed by atoms with Crippen LogP contribution in [0.3, 0.4) is 0 Å². The van der Waals surface area contributed by atoms with Gasteiger partial charge >= 0.3 is 0 Å². The molecule has 1 amide bonds. The van der Waals surface area contributed by atoms with Gasteiger partial charge in [-0.25, -0.2) is 0 Å². The molecule has 0 atom stereocenters. The van der Waals surface area contributed by atoms with Crippen molar-refractivity contribution in [2.75, 3.05) is 6.54 Å². The van der Waals surface area contributed by atoms with Gasteiger partial charge < -0.3 is 5.73 Å². The lowest BCUT2D eigenvalue weighted by Crippen LogP contribution is -2.41. The van der Waals surface area contributed by atoms with Crippen molar-refractivity contribution in [2.45, 2.75) is 27.2 Å². The molecule has 13 heavy (non-hydrogen) atoms. The van der Waals surface area contributed by atoms with Crippen molar-refractivity contribution in [3.63, 3.8) is 0 Å². The summed E-state index contributed by atoms with van der Waals surface area (Å²) in [6.45, 7) is 7.06. The van der Waals surface area contributed by atoms with Gasteiger partial charge in [-0.15, -0.1) is 0 Å². The Morgan fingerprint density at radius 1 is 1.54 bits per heavy atom. The summed E-state index contributed by atoms with van der Waals surface area (Å²) in [5, 5.41) is 0. The van der Waals surface area contributed by atoms with Crippen molar-refractivity contribution in [3.05, 3.63) is 0 Å². The van der Waals surface area contributed by atoms with E-state index in [0.29, 0.717) is 13.0 Å². The minimum absolute atomic E-state index is 0.233. The van der Waals surface area contributed by atoms with Gasteiger partial charge in [-0.1, -0.05) is 20.8 Å². The van der Waals surface area contributed by atoms with E-state index >= 15 is 0 Å². The van der Waals surface area contributed by atoms with Crippen molar-refractivity contribution >= 4 is 12.4 Å². The Balaban J connectivity index is 3.64. The van der Waals surface area contributed by atoms with Crippen LogP contribution in [0.15, 0.2) is 4.99 Å². The van der Waals surface area contributed by atoms with Crippen LogP contribution in [0.5, 0.6) is 0 Å². The zero-order valence-electron chi connectivity index (χ0n) is 8.42. The maximum absolute atomic E-state index is 9.86. The molecule has 0 aliphatic carbocycles. The standard InChI is InChI=1S/C8H18N4O/c1-8(2,3)4-5-10-7(9)12-11-6-13/h6H,4-5H2,1-3H3,(H,11,13)(H3,9,10,12). The molecule has 0 aromatic carbocycles. The fraction of sp³-hybridized carbons (Fsp3) is 0.750. The molecule has 0 aliphatic heterocycles. The lowest BCUT2D eigenvalue weighted by Gasteiger charge is -2.16. The van der Waals surface area contributed by atoms with E-state index in [1.54, 1.807) is 0 Å². The fourth-order valence-electron chi connectivity index (χ4n) is 0.655. The van der Waals surface area contributed by atoms with E-state index < -0.39 is 0 Å². The molecule has 0 aliphatic rings.